The van der Waals surface area contributed by atoms with Crippen molar-refractivity contribution in [1.82, 2.24) is 4.31 Å². The molecule has 2 unspecified atom stereocenters. The monoisotopic (exact) mass is 322 g/mol. The highest BCUT2D eigenvalue weighted by atomic mass is 35.5. The van der Waals surface area contributed by atoms with Gasteiger partial charge in [-0.3, -0.25) is 0 Å². The molecule has 0 spiro atoms. The van der Waals surface area contributed by atoms with Gasteiger partial charge in [0, 0.05) is 13.6 Å². The zero-order valence-electron chi connectivity index (χ0n) is 10.7. The number of nitrogen functional groups attached to an aromatic ring is 1. The summed E-state index contributed by atoms with van der Waals surface area (Å²) in [7, 11) is -2.07. The predicted molar refractivity (Wildman–Crippen MR) is 78.0 cm³/mol. The Hall–Kier alpha value is -0.490. The van der Waals surface area contributed by atoms with Gasteiger partial charge in [0.15, 0.2) is 0 Å². The van der Waals surface area contributed by atoms with Crippen molar-refractivity contribution in [2.24, 2.45) is 11.8 Å². The molecule has 1 aromatic rings. The molecule has 7 heteroatoms. The third kappa shape index (κ3) is 2.84. The van der Waals surface area contributed by atoms with Gasteiger partial charge in [-0.25, -0.2) is 12.7 Å². The number of hydrogen-bond acceptors (Lipinski definition) is 3. The minimum atomic E-state index is -3.62. The molecular weight excluding hydrogens is 307 g/mol. The van der Waals surface area contributed by atoms with Gasteiger partial charge in [0.2, 0.25) is 10.0 Å². The van der Waals surface area contributed by atoms with Gasteiger partial charge in [0.1, 0.15) is 4.90 Å². The first-order valence-electron chi connectivity index (χ1n) is 5.95. The number of anilines is 1. The number of halogens is 2. The van der Waals surface area contributed by atoms with E-state index < -0.39 is 10.0 Å². The molecule has 0 amide bonds. The number of nitrogens with two attached hydrogens (primary N) is 1. The van der Waals surface area contributed by atoms with Gasteiger partial charge >= 0.3 is 0 Å². The van der Waals surface area contributed by atoms with E-state index in [4.69, 9.17) is 28.9 Å². The Labute approximate surface area is 123 Å². The molecule has 1 aliphatic carbocycles. The fraction of sp³-hybridized carbons (Fsp3) is 0.500. The lowest BCUT2D eigenvalue weighted by Gasteiger charge is -2.18. The molecule has 1 saturated carbocycles. The Bertz CT molecular complexity index is 604. The lowest BCUT2D eigenvalue weighted by Crippen LogP contribution is -2.29. The Kier molecular flexibility index (Phi) is 4.02. The van der Waals surface area contributed by atoms with Gasteiger partial charge in [0.05, 0.1) is 15.7 Å². The Balaban J connectivity index is 2.31. The number of hydrogen-bond donors (Lipinski definition) is 1. The Morgan fingerprint density at radius 3 is 2.53 bits per heavy atom. The lowest BCUT2D eigenvalue weighted by atomic mass is 10.3. The highest BCUT2D eigenvalue weighted by Crippen LogP contribution is 2.40. The highest BCUT2D eigenvalue weighted by Gasteiger charge is 2.36. The van der Waals surface area contributed by atoms with Gasteiger partial charge in [-0.1, -0.05) is 30.1 Å². The third-order valence-electron chi connectivity index (χ3n) is 3.55. The summed E-state index contributed by atoms with van der Waals surface area (Å²) in [6, 6.07) is 2.84. The van der Waals surface area contributed by atoms with Crippen molar-refractivity contribution in [3.8, 4) is 0 Å². The van der Waals surface area contributed by atoms with E-state index in [-0.39, 0.29) is 20.6 Å². The molecule has 2 rings (SSSR count). The largest absolute Gasteiger partial charge is 0.396 e. The van der Waals surface area contributed by atoms with E-state index in [0.29, 0.717) is 18.4 Å². The number of nitrogens with zero attached hydrogens (tertiary/aromatic N) is 1. The predicted octanol–water partition coefficient (Wildman–Crippen LogP) is 2.85. The topological polar surface area (TPSA) is 63.4 Å². The molecule has 0 saturated heterocycles. The quantitative estimate of drug-likeness (QED) is 0.867. The zero-order valence-corrected chi connectivity index (χ0v) is 13.1. The summed E-state index contributed by atoms with van der Waals surface area (Å²) in [6.07, 6.45) is 1.07. The molecule has 1 aromatic carbocycles. The van der Waals surface area contributed by atoms with Crippen LogP contribution in [-0.2, 0) is 10.0 Å². The normalized spacial score (nSPS) is 22.8. The van der Waals surface area contributed by atoms with Gasteiger partial charge in [-0.05, 0) is 30.4 Å². The average Bonchev–Trinajstić information content (AvgIpc) is 3.01. The van der Waals surface area contributed by atoms with Crippen LogP contribution in [0.25, 0.3) is 0 Å². The summed E-state index contributed by atoms with van der Waals surface area (Å²) in [4.78, 5) is 0.00636. The Morgan fingerprint density at radius 1 is 1.42 bits per heavy atom. The number of benzene rings is 1. The van der Waals surface area contributed by atoms with Crippen LogP contribution in [0.4, 0.5) is 5.69 Å². The number of rotatable bonds is 4. The van der Waals surface area contributed by atoms with E-state index in [1.165, 1.54) is 16.4 Å². The van der Waals surface area contributed by atoms with Crippen LogP contribution in [0.1, 0.15) is 13.3 Å². The fourth-order valence-corrected chi connectivity index (χ4v) is 3.96. The maximum atomic E-state index is 12.4. The standard InChI is InChI=1S/C12H16Cl2N2O2S/c1-7-5-8(7)6-16(2)19(17,18)10-4-3-9(13)12(15)11(10)14/h3-4,7-8H,5-6,15H2,1-2H3. The summed E-state index contributed by atoms with van der Waals surface area (Å²) in [5.41, 5.74) is 5.76. The molecule has 106 valence electrons. The first kappa shape index (κ1) is 14.9. The van der Waals surface area contributed by atoms with Crippen LogP contribution in [0.5, 0.6) is 0 Å². The second kappa shape index (κ2) is 5.13. The van der Waals surface area contributed by atoms with Crippen molar-refractivity contribution >= 4 is 38.9 Å². The minimum Gasteiger partial charge on any atom is -0.396 e. The van der Waals surface area contributed by atoms with Crippen LogP contribution >= 0.6 is 23.2 Å². The maximum absolute atomic E-state index is 12.4. The average molecular weight is 323 g/mol. The van der Waals surface area contributed by atoms with E-state index in [1.54, 1.807) is 7.05 Å². The maximum Gasteiger partial charge on any atom is 0.244 e. The van der Waals surface area contributed by atoms with Gasteiger partial charge in [-0.2, -0.15) is 0 Å². The molecule has 0 aliphatic heterocycles. The van der Waals surface area contributed by atoms with E-state index in [0.717, 1.165) is 6.42 Å². The van der Waals surface area contributed by atoms with Crippen LogP contribution in [0.3, 0.4) is 0 Å². The van der Waals surface area contributed by atoms with Crippen molar-refractivity contribution in [2.45, 2.75) is 18.2 Å². The van der Waals surface area contributed by atoms with Crippen LogP contribution in [-0.4, -0.2) is 26.3 Å². The molecule has 1 fully saturated rings. The van der Waals surface area contributed by atoms with Gasteiger partial charge in [0.25, 0.3) is 0 Å². The second-order valence-corrected chi connectivity index (χ2v) is 7.83. The van der Waals surface area contributed by atoms with E-state index in [1.807, 2.05) is 0 Å². The van der Waals surface area contributed by atoms with Gasteiger partial charge in [-0.15, -0.1) is 0 Å². The van der Waals surface area contributed by atoms with Crippen molar-refractivity contribution in [2.75, 3.05) is 19.3 Å². The molecule has 19 heavy (non-hydrogen) atoms. The molecule has 1 aliphatic rings. The minimum absolute atomic E-state index is 0.00636. The van der Waals surface area contributed by atoms with Crippen LogP contribution in [0, 0.1) is 11.8 Å². The molecule has 0 heterocycles. The van der Waals surface area contributed by atoms with Crippen molar-refractivity contribution in [3.05, 3.63) is 22.2 Å². The first-order chi connectivity index (χ1) is 8.75. The van der Waals surface area contributed by atoms with Crippen LogP contribution in [0.15, 0.2) is 17.0 Å². The van der Waals surface area contributed by atoms with Crippen molar-refractivity contribution < 1.29 is 8.42 Å². The summed E-state index contributed by atoms with van der Waals surface area (Å²) >= 11 is 11.8. The second-order valence-electron chi connectivity index (χ2n) is 5.03. The van der Waals surface area contributed by atoms with E-state index >= 15 is 0 Å². The van der Waals surface area contributed by atoms with Crippen molar-refractivity contribution in [3.63, 3.8) is 0 Å². The highest BCUT2D eigenvalue weighted by molar-refractivity contribution is 7.89. The molecule has 0 aromatic heterocycles. The molecule has 0 bridgehead atoms. The summed E-state index contributed by atoms with van der Waals surface area (Å²) in [5.74, 6) is 1.02. The summed E-state index contributed by atoms with van der Waals surface area (Å²) in [5, 5.41) is 0.241. The van der Waals surface area contributed by atoms with Gasteiger partial charge < -0.3 is 5.73 Å². The summed E-state index contributed by atoms with van der Waals surface area (Å²) in [6.45, 7) is 2.61. The fourth-order valence-electron chi connectivity index (χ4n) is 2.00. The smallest absolute Gasteiger partial charge is 0.244 e. The van der Waals surface area contributed by atoms with Crippen molar-refractivity contribution in [1.29, 1.82) is 0 Å². The Morgan fingerprint density at radius 2 is 2.00 bits per heavy atom. The molecule has 2 N–H and O–H groups in total. The van der Waals surface area contributed by atoms with Crippen LogP contribution < -0.4 is 5.73 Å². The summed E-state index contributed by atoms with van der Waals surface area (Å²) < 4.78 is 26.2. The van der Waals surface area contributed by atoms with E-state index in [9.17, 15) is 8.42 Å². The van der Waals surface area contributed by atoms with Crippen LogP contribution in [0.2, 0.25) is 10.0 Å². The lowest BCUT2D eigenvalue weighted by molar-refractivity contribution is 0.445. The number of sulfonamides is 1. The first-order valence-corrected chi connectivity index (χ1v) is 8.14. The molecule has 4 nitrogen and oxygen atoms in total. The molecule has 2 atom stereocenters. The van der Waals surface area contributed by atoms with E-state index in [2.05, 4.69) is 6.92 Å². The SMILES string of the molecule is CC1CC1CN(C)S(=O)(=O)c1ccc(Cl)c(N)c1Cl. The molecule has 0 radical (unpaired) electrons. The molecular formula is C12H16Cl2N2O2S. The zero-order chi connectivity index (χ0) is 14.4. The third-order valence-corrected chi connectivity index (χ3v) is 6.26.